The van der Waals surface area contributed by atoms with E-state index in [1.807, 2.05) is 6.92 Å². The van der Waals surface area contributed by atoms with Crippen LogP contribution in [0.2, 0.25) is 0 Å². The zero-order valence-electron chi connectivity index (χ0n) is 11.0. The summed E-state index contributed by atoms with van der Waals surface area (Å²) in [6.07, 6.45) is 7.57. The van der Waals surface area contributed by atoms with Gasteiger partial charge in [0.1, 0.15) is 11.6 Å². The second-order valence-electron chi connectivity index (χ2n) is 5.27. The second kappa shape index (κ2) is 5.47. The van der Waals surface area contributed by atoms with Crippen LogP contribution in [-0.4, -0.2) is 27.5 Å². The first-order valence-electron chi connectivity index (χ1n) is 7.05. The van der Waals surface area contributed by atoms with Gasteiger partial charge in [-0.3, -0.25) is 0 Å². The first-order valence-corrected chi connectivity index (χ1v) is 8.09. The van der Waals surface area contributed by atoms with Crippen LogP contribution in [-0.2, 0) is 12.8 Å². The van der Waals surface area contributed by atoms with Crippen LogP contribution >= 0.6 is 11.8 Å². The minimum atomic E-state index is 0.777. The first-order chi connectivity index (χ1) is 8.83. The van der Waals surface area contributed by atoms with E-state index in [4.69, 9.17) is 0 Å². The van der Waals surface area contributed by atoms with Crippen LogP contribution in [0.4, 0.5) is 5.82 Å². The lowest BCUT2D eigenvalue weighted by Crippen LogP contribution is -2.18. The molecular weight excluding hydrogens is 242 g/mol. The van der Waals surface area contributed by atoms with Crippen molar-refractivity contribution in [1.29, 1.82) is 0 Å². The smallest absolute Gasteiger partial charge is 0.133 e. The van der Waals surface area contributed by atoms with E-state index in [0.717, 1.165) is 36.3 Å². The predicted octanol–water partition coefficient (Wildman–Crippen LogP) is 2.97. The lowest BCUT2D eigenvalue weighted by atomic mass is 9.96. The third kappa shape index (κ3) is 2.63. The fourth-order valence-electron chi connectivity index (χ4n) is 2.88. The van der Waals surface area contributed by atoms with Crippen molar-refractivity contribution >= 4 is 17.6 Å². The van der Waals surface area contributed by atoms with Gasteiger partial charge >= 0.3 is 0 Å². The molecule has 18 heavy (non-hydrogen) atoms. The van der Waals surface area contributed by atoms with Crippen LogP contribution in [0, 0.1) is 6.92 Å². The Morgan fingerprint density at radius 3 is 2.94 bits per heavy atom. The van der Waals surface area contributed by atoms with Crippen molar-refractivity contribution in [3.8, 4) is 0 Å². The summed E-state index contributed by atoms with van der Waals surface area (Å²) in [5.41, 5.74) is 2.67. The number of nitrogens with zero attached hydrogens (tertiary/aromatic N) is 2. The number of hydrogen-bond acceptors (Lipinski definition) is 4. The van der Waals surface area contributed by atoms with E-state index in [0.29, 0.717) is 0 Å². The molecule has 0 aromatic carbocycles. The summed E-state index contributed by atoms with van der Waals surface area (Å²) in [4.78, 5) is 9.21. The predicted molar refractivity (Wildman–Crippen MR) is 77.4 cm³/mol. The Morgan fingerprint density at radius 1 is 1.22 bits per heavy atom. The van der Waals surface area contributed by atoms with Gasteiger partial charge in [-0.2, -0.15) is 11.8 Å². The summed E-state index contributed by atoms with van der Waals surface area (Å²) in [6, 6.07) is 0. The van der Waals surface area contributed by atoms with Gasteiger partial charge in [0.15, 0.2) is 0 Å². The lowest BCUT2D eigenvalue weighted by molar-refractivity contribution is 0.658. The normalized spacial score (nSPS) is 22.8. The second-order valence-corrected chi connectivity index (χ2v) is 6.68. The Hall–Kier alpha value is -0.770. The number of aryl methyl sites for hydroxylation is 2. The number of nitrogens with one attached hydrogen (secondary N) is 1. The maximum atomic E-state index is 4.62. The zero-order valence-corrected chi connectivity index (χ0v) is 11.9. The molecule has 0 amide bonds. The van der Waals surface area contributed by atoms with Crippen molar-refractivity contribution in [3.05, 3.63) is 17.1 Å². The van der Waals surface area contributed by atoms with E-state index in [-0.39, 0.29) is 0 Å². The van der Waals surface area contributed by atoms with Crippen molar-refractivity contribution in [3.63, 3.8) is 0 Å². The molecule has 0 radical (unpaired) electrons. The molecule has 1 atom stereocenters. The molecule has 1 aliphatic carbocycles. The molecule has 0 saturated carbocycles. The van der Waals surface area contributed by atoms with E-state index in [9.17, 15) is 0 Å². The van der Waals surface area contributed by atoms with E-state index >= 15 is 0 Å². The Kier molecular flexibility index (Phi) is 3.73. The minimum Gasteiger partial charge on any atom is -0.369 e. The quantitative estimate of drug-likeness (QED) is 0.910. The van der Waals surface area contributed by atoms with Crippen molar-refractivity contribution in [2.24, 2.45) is 0 Å². The van der Waals surface area contributed by atoms with Gasteiger partial charge in [-0.15, -0.1) is 0 Å². The number of anilines is 1. The molecule has 98 valence electrons. The SMILES string of the molecule is Cc1nc2c(c(NCC3CCCS3)n1)CCCC2. The van der Waals surface area contributed by atoms with Gasteiger partial charge < -0.3 is 5.32 Å². The Morgan fingerprint density at radius 2 is 2.11 bits per heavy atom. The van der Waals surface area contributed by atoms with E-state index in [1.165, 1.54) is 42.7 Å². The molecule has 0 spiro atoms. The zero-order chi connectivity index (χ0) is 12.4. The topological polar surface area (TPSA) is 37.8 Å². The van der Waals surface area contributed by atoms with Crippen molar-refractivity contribution < 1.29 is 0 Å². The van der Waals surface area contributed by atoms with Gasteiger partial charge in [0.25, 0.3) is 0 Å². The molecule has 1 aliphatic heterocycles. The number of aromatic nitrogens is 2. The average Bonchev–Trinajstić information content (AvgIpc) is 2.89. The molecule has 3 nitrogen and oxygen atoms in total. The highest BCUT2D eigenvalue weighted by molar-refractivity contribution is 8.00. The van der Waals surface area contributed by atoms with Crippen molar-refractivity contribution in [2.45, 2.75) is 50.7 Å². The van der Waals surface area contributed by atoms with Gasteiger partial charge in [0.05, 0.1) is 0 Å². The Balaban J connectivity index is 1.75. The van der Waals surface area contributed by atoms with Gasteiger partial charge in [0, 0.05) is 23.1 Å². The van der Waals surface area contributed by atoms with E-state index in [1.54, 1.807) is 0 Å². The Labute approximate surface area is 113 Å². The summed E-state index contributed by atoms with van der Waals surface area (Å²) in [6.45, 7) is 3.07. The average molecular weight is 263 g/mol. The molecule has 4 heteroatoms. The van der Waals surface area contributed by atoms with Crippen molar-refractivity contribution in [2.75, 3.05) is 17.6 Å². The highest BCUT2D eigenvalue weighted by atomic mass is 32.2. The molecule has 1 N–H and O–H groups in total. The molecule has 1 fully saturated rings. The fraction of sp³-hybridized carbons (Fsp3) is 0.714. The molecular formula is C14H21N3S. The standard InChI is InChI=1S/C14H21N3S/c1-10-16-13-7-3-2-6-12(13)14(17-10)15-9-11-5-4-8-18-11/h11H,2-9H2,1H3,(H,15,16,17). The molecule has 1 saturated heterocycles. The van der Waals surface area contributed by atoms with Crippen LogP contribution in [0.5, 0.6) is 0 Å². The highest BCUT2D eigenvalue weighted by Gasteiger charge is 2.19. The molecule has 2 heterocycles. The van der Waals surface area contributed by atoms with Crippen molar-refractivity contribution in [1.82, 2.24) is 9.97 Å². The number of thioether (sulfide) groups is 1. The van der Waals surface area contributed by atoms with Crippen LogP contribution in [0.1, 0.15) is 42.8 Å². The van der Waals surface area contributed by atoms with E-state index < -0.39 is 0 Å². The maximum Gasteiger partial charge on any atom is 0.133 e. The molecule has 3 rings (SSSR count). The van der Waals surface area contributed by atoms with Gasteiger partial charge in [-0.1, -0.05) is 0 Å². The number of fused-ring (bicyclic) bond motifs is 1. The van der Waals surface area contributed by atoms with Gasteiger partial charge in [-0.05, 0) is 51.2 Å². The molecule has 1 aromatic heterocycles. The monoisotopic (exact) mass is 263 g/mol. The lowest BCUT2D eigenvalue weighted by Gasteiger charge is -2.20. The molecule has 1 aromatic rings. The summed E-state index contributed by atoms with van der Waals surface area (Å²) in [7, 11) is 0. The third-order valence-corrected chi connectivity index (χ3v) is 5.21. The first kappa shape index (κ1) is 12.3. The van der Waals surface area contributed by atoms with Gasteiger partial charge in [-0.25, -0.2) is 9.97 Å². The minimum absolute atomic E-state index is 0.777. The summed E-state index contributed by atoms with van der Waals surface area (Å²) >= 11 is 2.10. The van der Waals surface area contributed by atoms with Crippen LogP contribution < -0.4 is 5.32 Å². The summed E-state index contributed by atoms with van der Waals surface area (Å²) in [5.74, 6) is 3.36. The maximum absolute atomic E-state index is 4.62. The Bertz CT molecular complexity index is 427. The molecule has 2 aliphatic rings. The largest absolute Gasteiger partial charge is 0.369 e. The summed E-state index contributed by atoms with van der Waals surface area (Å²) in [5, 5.41) is 4.36. The fourth-order valence-corrected chi connectivity index (χ4v) is 4.08. The van der Waals surface area contributed by atoms with Crippen LogP contribution in [0.15, 0.2) is 0 Å². The molecule has 0 bridgehead atoms. The number of rotatable bonds is 3. The summed E-state index contributed by atoms with van der Waals surface area (Å²) < 4.78 is 0. The van der Waals surface area contributed by atoms with Crippen LogP contribution in [0.3, 0.4) is 0 Å². The number of hydrogen-bond donors (Lipinski definition) is 1. The van der Waals surface area contributed by atoms with Gasteiger partial charge in [0.2, 0.25) is 0 Å². The van der Waals surface area contributed by atoms with Crippen LogP contribution in [0.25, 0.3) is 0 Å². The molecule has 1 unspecified atom stereocenters. The highest BCUT2D eigenvalue weighted by Crippen LogP contribution is 2.28. The van der Waals surface area contributed by atoms with E-state index in [2.05, 4.69) is 27.0 Å². The third-order valence-electron chi connectivity index (χ3n) is 3.82.